The molecule has 0 bridgehead atoms. The van der Waals surface area contributed by atoms with E-state index >= 15 is 0 Å². The molecule has 0 spiro atoms. The van der Waals surface area contributed by atoms with Crippen molar-refractivity contribution in [1.29, 1.82) is 0 Å². The van der Waals surface area contributed by atoms with E-state index in [1.165, 1.54) is 4.88 Å². The largest absolute Gasteiger partial charge is 1.00 e. The molecule has 0 fully saturated rings. The fourth-order valence-electron chi connectivity index (χ4n) is 0.870. The highest BCUT2D eigenvalue weighted by atomic mass is 127. The molecule has 0 amide bonds. The molecule has 0 radical (unpaired) electrons. The van der Waals surface area contributed by atoms with Crippen molar-refractivity contribution in [2.75, 3.05) is 21.1 Å². The highest BCUT2D eigenvalue weighted by Gasteiger charge is 2.07. The Balaban J connectivity index is 0.000001000. The van der Waals surface area contributed by atoms with Gasteiger partial charge in [0.05, 0.1) is 26.0 Å². The molecule has 0 N–H and O–H groups in total. The molecule has 64 valence electrons. The molecule has 3 heteroatoms. The molecule has 1 nitrogen and oxygen atoms in total. The van der Waals surface area contributed by atoms with Crippen LogP contribution >= 0.6 is 11.3 Å². The van der Waals surface area contributed by atoms with E-state index in [1.54, 1.807) is 0 Å². The third-order valence-corrected chi connectivity index (χ3v) is 2.07. The van der Waals surface area contributed by atoms with Crippen LogP contribution in [0.4, 0.5) is 0 Å². The normalized spacial score (nSPS) is 10.8. The van der Waals surface area contributed by atoms with E-state index in [1.807, 2.05) is 11.3 Å². The molecule has 0 aliphatic heterocycles. The lowest BCUT2D eigenvalue weighted by molar-refractivity contribution is -0.883. The maximum Gasteiger partial charge on any atom is 0.113 e. The molecule has 1 heterocycles. The quantitative estimate of drug-likeness (QED) is 0.480. The van der Waals surface area contributed by atoms with E-state index in [2.05, 4.69) is 38.7 Å². The first-order chi connectivity index (χ1) is 4.58. The SMILES string of the molecule is C[N+](C)(C)Cc1cccs1.[I-]. The molecule has 0 atom stereocenters. The van der Waals surface area contributed by atoms with Crippen LogP contribution in [-0.4, -0.2) is 25.6 Å². The van der Waals surface area contributed by atoms with Crippen molar-refractivity contribution in [2.45, 2.75) is 6.54 Å². The Labute approximate surface area is 89.6 Å². The zero-order valence-electron chi connectivity index (χ0n) is 7.17. The summed E-state index contributed by atoms with van der Waals surface area (Å²) in [6.45, 7) is 1.14. The maximum atomic E-state index is 2.21. The first-order valence-corrected chi connectivity index (χ1v) is 4.29. The van der Waals surface area contributed by atoms with Crippen LogP contribution < -0.4 is 24.0 Å². The van der Waals surface area contributed by atoms with Crippen molar-refractivity contribution in [3.8, 4) is 0 Å². The second kappa shape index (κ2) is 4.42. The molecule has 0 unspecified atom stereocenters. The third-order valence-electron chi connectivity index (χ3n) is 1.21. The minimum absolute atomic E-state index is 0. The summed E-state index contributed by atoms with van der Waals surface area (Å²) in [4.78, 5) is 1.47. The number of rotatable bonds is 2. The summed E-state index contributed by atoms with van der Waals surface area (Å²) in [5.41, 5.74) is 0. The molecule has 0 saturated heterocycles. The molecule has 1 rings (SSSR count). The van der Waals surface area contributed by atoms with Crippen LogP contribution in [0.3, 0.4) is 0 Å². The molecular formula is C8H14INS. The van der Waals surface area contributed by atoms with Gasteiger partial charge in [0.25, 0.3) is 0 Å². The van der Waals surface area contributed by atoms with E-state index in [-0.39, 0.29) is 24.0 Å². The maximum absolute atomic E-state index is 2.21. The van der Waals surface area contributed by atoms with E-state index in [0.717, 1.165) is 11.0 Å². The summed E-state index contributed by atoms with van der Waals surface area (Å²) in [7, 11) is 6.62. The fraction of sp³-hybridized carbons (Fsp3) is 0.500. The summed E-state index contributed by atoms with van der Waals surface area (Å²) >= 11 is 1.83. The van der Waals surface area contributed by atoms with Gasteiger partial charge in [0.2, 0.25) is 0 Å². The molecule has 0 aliphatic rings. The van der Waals surface area contributed by atoms with Crippen molar-refractivity contribution in [3.63, 3.8) is 0 Å². The second-order valence-corrected chi connectivity index (χ2v) is 4.56. The van der Waals surface area contributed by atoms with Gasteiger partial charge in [-0.05, 0) is 11.4 Å². The number of hydrogen-bond acceptors (Lipinski definition) is 1. The van der Waals surface area contributed by atoms with Crippen molar-refractivity contribution >= 4 is 11.3 Å². The summed E-state index contributed by atoms with van der Waals surface area (Å²) in [5.74, 6) is 0. The molecule has 0 saturated carbocycles. The summed E-state index contributed by atoms with van der Waals surface area (Å²) in [6, 6.07) is 4.30. The van der Waals surface area contributed by atoms with Gasteiger partial charge in [-0.2, -0.15) is 0 Å². The second-order valence-electron chi connectivity index (χ2n) is 3.53. The summed E-state index contributed by atoms with van der Waals surface area (Å²) in [6.07, 6.45) is 0. The average molecular weight is 283 g/mol. The Morgan fingerprint density at radius 1 is 1.36 bits per heavy atom. The van der Waals surface area contributed by atoms with Crippen LogP contribution in [0.25, 0.3) is 0 Å². The van der Waals surface area contributed by atoms with Gasteiger partial charge in [-0.15, -0.1) is 11.3 Å². The standard InChI is InChI=1S/C8H14NS.HI/c1-9(2,3)7-8-5-4-6-10-8;/h4-6H,7H2,1-3H3;1H/q+1;/p-1. The van der Waals surface area contributed by atoms with Gasteiger partial charge < -0.3 is 28.5 Å². The molecule has 1 aromatic heterocycles. The molecule has 1 aromatic rings. The predicted molar refractivity (Wildman–Crippen MR) is 46.1 cm³/mol. The van der Waals surface area contributed by atoms with Gasteiger partial charge in [0, 0.05) is 0 Å². The summed E-state index contributed by atoms with van der Waals surface area (Å²) < 4.78 is 1.01. The Bertz CT molecular complexity index is 188. The van der Waals surface area contributed by atoms with E-state index < -0.39 is 0 Å². The number of quaternary nitrogens is 1. The Hall–Kier alpha value is 0.390. The van der Waals surface area contributed by atoms with Crippen molar-refractivity contribution in [2.24, 2.45) is 0 Å². The summed E-state index contributed by atoms with van der Waals surface area (Å²) in [5, 5.41) is 2.13. The van der Waals surface area contributed by atoms with E-state index in [9.17, 15) is 0 Å². The average Bonchev–Trinajstić information content (AvgIpc) is 2.12. The highest BCUT2D eigenvalue weighted by Crippen LogP contribution is 2.12. The predicted octanol–water partition coefficient (Wildman–Crippen LogP) is -1.04. The van der Waals surface area contributed by atoms with Gasteiger partial charge in [0.15, 0.2) is 0 Å². The Kier molecular flexibility index (Phi) is 4.58. The lowest BCUT2D eigenvalue weighted by Crippen LogP contribution is -3.00. The van der Waals surface area contributed by atoms with Crippen LogP contribution in [-0.2, 0) is 6.54 Å². The molecule has 0 aliphatic carbocycles. The smallest absolute Gasteiger partial charge is 0.113 e. The first-order valence-electron chi connectivity index (χ1n) is 3.41. The van der Waals surface area contributed by atoms with E-state index in [0.29, 0.717) is 0 Å². The minimum atomic E-state index is 0. The number of halogens is 1. The van der Waals surface area contributed by atoms with Gasteiger partial charge in [-0.1, -0.05) is 6.07 Å². The number of hydrogen-bond donors (Lipinski definition) is 0. The monoisotopic (exact) mass is 283 g/mol. The molecule has 0 aromatic carbocycles. The molecular weight excluding hydrogens is 269 g/mol. The van der Waals surface area contributed by atoms with Crippen LogP contribution in [0, 0.1) is 0 Å². The third kappa shape index (κ3) is 4.76. The van der Waals surface area contributed by atoms with Crippen molar-refractivity contribution in [3.05, 3.63) is 22.4 Å². The molecule has 11 heavy (non-hydrogen) atoms. The Morgan fingerprint density at radius 3 is 2.36 bits per heavy atom. The van der Waals surface area contributed by atoms with Crippen LogP contribution in [0.1, 0.15) is 4.88 Å². The Morgan fingerprint density at radius 2 is 2.00 bits per heavy atom. The lowest BCUT2D eigenvalue weighted by atomic mass is 10.4. The van der Waals surface area contributed by atoms with Gasteiger partial charge >= 0.3 is 0 Å². The van der Waals surface area contributed by atoms with Crippen molar-refractivity contribution < 1.29 is 28.5 Å². The zero-order valence-corrected chi connectivity index (χ0v) is 10.1. The van der Waals surface area contributed by atoms with Crippen LogP contribution in [0.15, 0.2) is 17.5 Å². The first kappa shape index (κ1) is 11.4. The van der Waals surface area contributed by atoms with Crippen LogP contribution in [0.2, 0.25) is 0 Å². The van der Waals surface area contributed by atoms with Crippen molar-refractivity contribution in [1.82, 2.24) is 0 Å². The number of thiophene rings is 1. The minimum Gasteiger partial charge on any atom is -1.00 e. The lowest BCUT2D eigenvalue weighted by Gasteiger charge is -2.22. The van der Waals surface area contributed by atoms with Gasteiger partial charge in [0.1, 0.15) is 6.54 Å². The number of nitrogens with zero attached hydrogens (tertiary/aromatic N) is 1. The fourth-order valence-corrected chi connectivity index (χ4v) is 1.82. The van der Waals surface area contributed by atoms with E-state index in [4.69, 9.17) is 0 Å². The topological polar surface area (TPSA) is 0 Å². The zero-order chi connectivity index (χ0) is 7.61. The van der Waals surface area contributed by atoms with Crippen LogP contribution in [0.5, 0.6) is 0 Å². The highest BCUT2D eigenvalue weighted by molar-refractivity contribution is 7.09. The van der Waals surface area contributed by atoms with Gasteiger partial charge in [-0.25, -0.2) is 0 Å². The van der Waals surface area contributed by atoms with Gasteiger partial charge in [-0.3, -0.25) is 0 Å².